The summed E-state index contributed by atoms with van der Waals surface area (Å²) in [5.74, 6) is 2.02. The molecule has 6 heteroatoms. The Morgan fingerprint density at radius 3 is 1.76 bits per heavy atom. The number of benzene rings is 7. The third kappa shape index (κ3) is 8.56. The first-order valence-corrected chi connectivity index (χ1v) is 23.4. The maximum atomic E-state index is 6.73. The average molecular weight is 1070 g/mol. The van der Waals surface area contributed by atoms with Gasteiger partial charge in [-0.05, 0) is 92.1 Å². The van der Waals surface area contributed by atoms with Crippen LogP contribution < -0.4 is 14.5 Å². The molecule has 0 saturated heterocycles. The Kier molecular flexibility index (Phi) is 12.1. The summed E-state index contributed by atoms with van der Waals surface area (Å²) in [6.07, 6.45) is 1.94. The van der Waals surface area contributed by atoms with Gasteiger partial charge in [-0.15, -0.1) is 48.1 Å². The second-order valence-corrected chi connectivity index (χ2v) is 21.1. The van der Waals surface area contributed by atoms with E-state index < -0.39 is 0 Å². The molecule has 346 valence electrons. The van der Waals surface area contributed by atoms with Crippen LogP contribution in [0.5, 0.6) is 11.5 Å². The zero-order valence-corrected chi connectivity index (χ0v) is 43.0. The Balaban J connectivity index is 0.00000578. The summed E-state index contributed by atoms with van der Waals surface area (Å²) < 4.78 is 8.98. The van der Waals surface area contributed by atoms with E-state index >= 15 is 0 Å². The van der Waals surface area contributed by atoms with Crippen LogP contribution in [-0.4, -0.2) is 9.55 Å². The zero-order chi connectivity index (χ0) is 46.9. The number of rotatable bonds is 9. The van der Waals surface area contributed by atoms with Crippen molar-refractivity contribution in [2.45, 2.75) is 90.9 Å². The van der Waals surface area contributed by atoms with E-state index in [1.807, 2.05) is 24.4 Å². The van der Waals surface area contributed by atoms with Crippen molar-refractivity contribution in [1.29, 1.82) is 0 Å². The molecule has 5 nitrogen and oxygen atoms in total. The van der Waals surface area contributed by atoms with E-state index in [4.69, 9.17) is 9.72 Å². The van der Waals surface area contributed by atoms with Gasteiger partial charge in [-0.25, -0.2) is 4.98 Å². The Labute approximate surface area is 417 Å². The van der Waals surface area contributed by atoms with E-state index in [0.29, 0.717) is 11.5 Å². The first-order valence-electron chi connectivity index (χ1n) is 23.4. The largest absolute Gasteiger partial charge is 0.509 e. The number of para-hydroxylation sites is 2. The molecule has 0 atom stereocenters. The fraction of sp³-hybridized carbons (Fsp3) is 0.226. The fourth-order valence-corrected chi connectivity index (χ4v) is 9.50. The molecule has 10 rings (SSSR count). The van der Waals surface area contributed by atoms with Gasteiger partial charge in [-0.3, -0.25) is 0 Å². The molecule has 0 fully saturated rings. The summed E-state index contributed by atoms with van der Waals surface area (Å²) >= 11 is 0. The number of ether oxygens (including phenoxy) is 1. The summed E-state index contributed by atoms with van der Waals surface area (Å²) in [6, 6.07) is 66.0. The summed E-state index contributed by atoms with van der Waals surface area (Å²) in [5.41, 5.74) is 13.3. The van der Waals surface area contributed by atoms with Crippen LogP contribution in [0.25, 0.3) is 27.6 Å². The summed E-state index contributed by atoms with van der Waals surface area (Å²) in [5, 5.41) is 2.21. The van der Waals surface area contributed by atoms with E-state index in [1.165, 1.54) is 33.4 Å². The van der Waals surface area contributed by atoms with Crippen molar-refractivity contribution in [3.63, 3.8) is 0 Å². The predicted octanol–water partition coefficient (Wildman–Crippen LogP) is 16.2. The molecule has 68 heavy (non-hydrogen) atoms. The molecule has 3 heterocycles. The monoisotopic (exact) mass is 1070 g/mol. The Bertz CT molecular complexity index is 3280. The summed E-state index contributed by atoms with van der Waals surface area (Å²) in [7, 11) is 0. The summed E-state index contributed by atoms with van der Waals surface area (Å²) in [6.45, 7) is 24.9. The minimum absolute atomic E-state index is 0. The van der Waals surface area contributed by atoms with Crippen LogP contribution in [0.4, 0.5) is 22.7 Å². The molecular weight excluding hydrogens is 1010 g/mol. The van der Waals surface area contributed by atoms with Crippen LogP contribution in [0.2, 0.25) is 0 Å². The quantitative estimate of drug-likeness (QED) is 0.135. The molecule has 2 aromatic heterocycles. The standard InChI is InChI=1S/C62H59N4O.Pt/c1-59(2,3)42-26-28-44(29-27-42)62(9,10)47-34-35-63-58(38-47)66-54-33-30-46(61(7,8)43-18-12-11-13-19-43)37-53(54)52-32-31-51(40-57(52)66)67-50-23-17-22-49(39-50)65-41-64(55-24-14-15-25-56(55)65)48-21-16-20-45(36-48)60(4,5)6;/h11-38,41H,1-10H3;/q-3;. The zero-order valence-electron chi connectivity index (χ0n) is 40.8. The second-order valence-electron chi connectivity index (χ2n) is 21.1. The number of pyridine rings is 1. The molecule has 1 aliphatic rings. The topological polar surface area (TPSA) is 33.5 Å². The number of hydrogen-bond donors (Lipinski definition) is 0. The SMILES string of the molecule is CC(C)(C)c1ccc(C(C)(C)c2ccnc(-n3c4[c-]c(Oc5[c-]c(N6[CH-]N(c7cccc(C(C)(C)C)c7)c7ccccc76)ccc5)ccc4c4cc(C(C)(C)c5ccccc5)ccc43)c2)cc1.[Pt]. The number of nitrogens with zero attached hydrogens (tertiary/aromatic N) is 4. The Hall–Kier alpha value is -6.42. The first kappa shape index (κ1) is 46.7. The van der Waals surface area contributed by atoms with Gasteiger partial charge < -0.3 is 19.1 Å². The average Bonchev–Trinajstić information content (AvgIpc) is 3.87. The number of hydrogen-bond acceptors (Lipinski definition) is 4. The third-order valence-corrected chi connectivity index (χ3v) is 13.9. The van der Waals surface area contributed by atoms with Gasteiger partial charge in [-0.2, -0.15) is 12.1 Å². The molecule has 0 bridgehead atoms. The van der Waals surface area contributed by atoms with Gasteiger partial charge in [0, 0.05) is 72.2 Å². The van der Waals surface area contributed by atoms with Crippen LogP contribution in [0.3, 0.4) is 0 Å². The number of fused-ring (bicyclic) bond motifs is 4. The number of anilines is 4. The van der Waals surface area contributed by atoms with Crippen molar-refractivity contribution < 1.29 is 25.8 Å². The van der Waals surface area contributed by atoms with Crippen LogP contribution in [0.1, 0.15) is 103 Å². The molecule has 7 aromatic carbocycles. The smallest absolute Gasteiger partial charge is 0.135 e. The van der Waals surface area contributed by atoms with Crippen LogP contribution in [0, 0.1) is 18.8 Å². The van der Waals surface area contributed by atoms with E-state index in [1.54, 1.807) is 0 Å². The predicted molar refractivity (Wildman–Crippen MR) is 279 cm³/mol. The van der Waals surface area contributed by atoms with Crippen LogP contribution in [-0.2, 0) is 42.7 Å². The van der Waals surface area contributed by atoms with Gasteiger partial charge in [0.05, 0.1) is 0 Å². The summed E-state index contributed by atoms with van der Waals surface area (Å²) in [4.78, 5) is 9.51. The van der Waals surface area contributed by atoms with Crippen molar-refractivity contribution in [2.24, 2.45) is 0 Å². The van der Waals surface area contributed by atoms with E-state index in [2.05, 4.69) is 248 Å². The van der Waals surface area contributed by atoms with Crippen molar-refractivity contribution in [2.75, 3.05) is 9.80 Å². The molecule has 0 saturated carbocycles. The molecule has 0 aliphatic carbocycles. The van der Waals surface area contributed by atoms with E-state index in [-0.39, 0.29) is 42.7 Å². The van der Waals surface area contributed by atoms with Crippen molar-refractivity contribution in [1.82, 2.24) is 9.55 Å². The molecule has 0 radical (unpaired) electrons. The van der Waals surface area contributed by atoms with Gasteiger partial charge in [0.25, 0.3) is 0 Å². The molecular formula is C62H59N4OPt-3. The van der Waals surface area contributed by atoms with Gasteiger partial charge in [0.1, 0.15) is 5.82 Å². The van der Waals surface area contributed by atoms with Gasteiger partial charge >= 0.3 is 0 Å². The first-order chi connectivity index (χ1) is 32.0. The Morgan fingerprint density at radius 1 is 0.471 bits per heavy atom. The molecule has 9 aromatic rings. The normalized spacial score (nSPS) is 13.2. The van der Waals surface area contributed by atoms with Crippen LogP contribution >= 0.6 is 0 Å². The maximum Gasteiger partial charge on any atom is 0.135 e. The van der Waals surface area contributed by atoms with Crippen molar-refractivity contribution in [3.8, 4) is 17.3 Å². The molecule has 0 spiro atoms. The fourth-order valence-electron chi connectivity index (χ4n) is 9.50. The molecule has 0 N–H and O–H groups in total. The number of aromatic nitrogens is 2. The van der Waals surface area contributed by atoms with Gasteiger partial charge in [0.2, 0.25) is 0 Å². The molecule has 0 unspecified atom stereocenters. The molecule has 0 amide bonds. The van der Waals surface area contributed by atoms with Gasteiger partial charge in [-0.1, -0.05) is 166 Å². The molecule has 1 aliphatic heterocycles. The second kappa shape index (κ2) is 17.6. The van der Waals surface area contributed by atoms with E-state index in [9.17, 15) is 0 Å². The van der Waals surface area contributed by atoms with Crippen molar-refractivity contribution >= 4 is 44.6 Å². The minimum Gasteiger partial charge on any atom is -0.509 e. The van der Waals surface area contributed by atoms with Crippen molar-refractivity contribution in [3.05, 3.63) is 222 Å². The van der Waals surface area contributed by atoms with Crippen LogP contribution in [0.15, 0.2) is 170 Å². The minimum atomic E-state index is -0.278. The van der Waals surface area contributed by atoms with E-state index in [0.717, 1.165) is 50.4 Å². The van der Waals surface area contributed by atoms with Gasteiger partial charge in [0.15, 0.2) is 0 Å². The Morgan fingerprint density at radius 2 is 1.06 bits per heavy atom. The third-order valence-electron chi connectivity index (χ3n) is 13.9. The maximum absolute atomic E-state index is 6.73.